The molecular weight excluding hydrogens is 196 g/mol. The lowest BCUT2D eigenvalue weighted by atomic mass is 9.98. The number of rotatable bonds is 6. The summed E-state index contributed by atoms with van der Waals surface area (Å²) >= 11 is 0. The maximum atomic E-state index is 11.4. The second-order valence-electron chi connectivity index (χ2n) is 3.75. The summed E-state index contributed by atoms with van der Waals surface area (Å²) in [4.78, 5) is 22.4. The van der Waals surface area contributed by atoms with Crippen molar-refractivity contribution in [1.29, 1.82) is 0 Å². The molecule has 3 N–H and O–H groups in total. The van der Waals surface area contributed by atoms with Gasteiger partial charge in [0.25, 0.3) is 0 Å². The van der Waals surface area contributed by atoms with Crippen molar-refractivity contribution in [1.82, 2.24) is 10.6 Å². The fourth-order valence-corrected chi connectivity index (χ4v) is 1.19. The van der Waals surface area contributed by atoms with E-state index in [1.165, 1.54) is 0 Å². The molecule has 0 aliphatic carbocycles. The summed E-state index contributed by atoms with van der Waals surface area (Å²) < 4.78 is 0. The minimum absolute atomic E-state index is 0.182. The number of hydrogen-bond acceptors (Lipinski definition) is 3. The predicted octanol–water partition coefficient (Wildman–Crippen LogP) is 0.354. The summed E-state index contributed by atoms with van der Waals surface area (Å²) in [6.07, 6.45) is 0.423. The molecule has 0 heterocycles. The molecule has 0 aromatic carbocycles. The summed E-state index contributed by atoms with van der Waals surface area (Å²) in [5.74, 6) is -1.13. The van der Waals surface area contributed by atoms with Crippen LogP contribution >= 0.6 is 0 Å². The molecule has 0 aromatic heterocycles. The van der Waals surface area contributed by atoms with Crippen LogP contribution in [-0.4, -0.2) is 35.1 Å². The number of likely N-dealkylation sites (N-methyl/N-ethyl adjacent to an activating group) is 1. The predicted molar refractivity (Wildman–Crippen MR) is 57.6 cm³/mol. The Balaban J connectivity index is 4.42. The van der Waals surface area contributed by atoms with E-state index in [9.17, 15) is 9.59 Å². The Labute approximate surface area is 90.2 Å². The Morgan fingerprint density at radius 3 is 2.27 bits per heavy atom. The third kappa shape index (κ3) is 3.87. The second-order valence-corrected chi connectivity index (χ2v) is 3.75. The number of aliphatic carboxylic acids is 1. The van der Waals surface area contributed by atoms with E-state index in [0.29, 0.717) is 13.0 Å². The highest BCUT2D eigenvalue weighted by molar-refractivity contribution is 5.84. The number of carbonyl (C=O) groups excluding carboxylic acids is 1. The lowest BCUT2D eigenvalue weighted by Crippen LogP contribution is -2.56. The highest BCUT2D eigenvalue weighted by atomic mass is 16.4. The van der Waals surface area contributed by atoms with E-state index < -0.39 is 17.6 Å². The first-order chi connectivity index (χ1) is 6.87. The standard InChI is InChI=1S/C10H20N2O3/c1-5-10(4,9(14)15)12-7(3)8(13)11-6-2/h7,12H,5-6H2,1-4H3,(H,11,13)(H,14,15). The summed E-state index contributed by atoms with van der Waals surface area (Å²) in [6, 6.07) is -0.508. The zero-order valence-electron chi connectivity index (χ0n) is 9.76. The van der Waals surface area contributed by atoms with Gasteiger partial charge >= 0.3 is 5.97 Å². The molecule has 0 saturated carbocycles. The van der Waals surface area contributed by atoms with E-state index in [-0.39, 0.29) is 5.91 Å². The molecule has 0 aliphatic rings. The second kappa shape index (κ2) is 5.70. The molecule has 0 aliphatic heterocycles. The molecule has 0 bridgehead atoms. The van der Waals surface area contributed by atoms with Gasteiger partial charge in [-0.3, -0.25) is 14.9 Å². The van der Waals surface area contributed by atoms with Crippen LogP contribution < -0.4 is 10.6 Å². The maximum Gasteiger partial charge on any atom is 0.323 e. The average molecular weight is 216 g/mol. The lowest BCUT2D eigenvalue weighted by Gasteiger charge is -2.28. The van der Waals surface area contributed by atoms with Crippen molar-refractivity contribution in [2.24, 2.45) is 0 Å². The molecule has 0 rings (SSSR count). The molecule has 0 spiro atoms. The van der Waals surface area contributed by atoms with Crippen molar-refractivity contribution in [2.75, 3.05) is 6.54 Å². The van der Waals surface area contributed by atoms with Crippen molar-refractivity contribution in [2.45, 2.75) is 45.7 Å². The molecule has 15 heavy (non-hydrogen) atoms. The topological polar surface area (TPSA) is 78.4 Å². The molecule has 0 fully saturated rings. The normalized spacial score (nSPS) is 16.5. The maximum absolute atomic E-state index is 11.4. The van der Waals surface area contributed by atoms with Crippen molar-refractivity contribution < 1.29 is 14.7 Å². The molecular formula is C10H20N2O3. The van der Waals surface area contributed by atoms with Gasteiger partial charge in [0.1, 0.15) is 5.54 Å². The average Bonchev–Trinajstić information content (AvgIpc) is 2.17. The SMILES string of the molecule is CCNC(=O)C(C)NC(C)(CC)C(=O)O. The van der Waals surface area contributed by atoms with Crippen molar-refractivity contribution in [3.8, 4) is 0 Å². The van der Waals surface area contributed by atoms with E-state index in [1.807, 2.05) is 6.92 Å². The van der Waals surface area contributed by atoms with E-state index in [4.69, 9.17) is 5.11 Å². The first kappa shape index (κ1) is 13.9. The van der Waals surface area contributed by atoms with E-state index in [2.05, 4.69) is 10.6 Å². The molecule has 1 amide bonds. The first-order valence-corrected chi connectivity index (χ1v) is 5.16. The quantitative estimate of drug-likeness (QED) is 0.599. The van der Waals surface area contributed by atoms with Crippen LogP contribution in [0.1, 0.15) is 34.1 Å². The van der Waals surface area contributed by atoms with Crippen LogP contribution in [0.3, 0.4) is 0 Å². The Kier molecular flexibility index (Phi) is 5.28. The van der Waals surface area contributed by atoms with Crippen LogP contribution in [-0.2, 0) is 9.59 Å². The number of nitrogens with one attached hydrogen (secondary N) is 2. The van der Waals surface area contributed by atoms with Crippen LogP contribution in [0.25, 0.3) is 0 Å². The minimum Gasteiger partial charge on any atom is -0.480 e. The fraction of sp³-hybridized carbons (Fsp3) is 0.800. The molecule has 0 radical (unpaired) electrons. The zero-order valence-corrected chi connectivity index (χ0v) is 9.76. The number of carboxylic acid groups (broad SMARTS) is 1. The summed E-state index contributed by atoms with van der Waals surface area (Å²) in [7, 11) is 0. The van der Waals surface area contributed by atoms with Gasteiger partial charge in [-0.15, -0.1) is 0 Å². The van der Waals surface area contributed by atoms with Crippen LogP contribution in [0.2, 0.25) is 0 Å². The van der Waals surface area contributed by atoms with Gasteiger partial charge < -0.3 is 10.4 Å². The third-order valence-corrected chi connectivity index (χ3v) is 2.46. The van der Waals surface area contributed by atoms with Crippen LogP contribution in [0.5, 0.6) is 0 Å². The van der Waals surface area contributed by atoms with Crippen molar-refractivity contribution in [3.05, 3.63) is 0 Å². The van der Waals surface area contributed by atoms with Gasteiger partial charge in [-0.25, -0.2) is 0 Å². The van der Waals surface area contributed by atoms with E-state index >= 15 is 0 Å². The van der Waals surface area contributed by atoms with Gasteiger partial charge in [0, 0.05) is 6.54 Å². The van der Waals surface area contributed by atoms with Crippen LogP contribution in [0, 0.1) is 0 Å². The molecule has 5 nitrogen and oxygen atoms in total. The largest absolute Gasteiger partial charge is 0.480 e. The first-order valence-electron chi connectivity index (χ1n) is 5.16. The van der Waals surface area contributed by atoms with E-state index in [0.717, 1.165) is 0 Å². The van der Waals surface area contributed by atoms with Crippen molar-refractivity contribution >= 4 is 11.9 Å². The Hall–Kier alpha value is -1.10. The highest BCUT2D eigenvalue weighted by Crippen LogP contribution is 2.10. The zero-order chi connectivity index (χ0) is 12.1. The number of hydrogen-bond donors (Lipinski definition) is 3. The molecule has 2 unspecified atom stereocenters. The number of amides is 1. The highest BCUT2D eigenvalue weighted by Gasteiger charge is 2.33. The van der Waals surface area contributed by atoms with E-state index in [1.54, 1.807) is 20.8 Å². The molecule has 5 heteroatoms. The van der Waals surface area contributed by atoms with Crippen molar-refractivity contribution in [3.63, 3.8) is 0 Å². The monoisotopic (exact) mass is 216 g/mol. The summed E-state index contributed by atoms with van der Waals surface area (Å²) in [5.41, 5.74) is -1.05. The van der Waals surface area contributed by atoms with Gasteiger partial charge in [-0.2, -0.15) is 0 Å². The van der Waals surface area contributed by atoms with Gasteiger partial charge in [0.2, 0.25) is 5.91 Å². The molecule has 0 saturated heterocycles. The Morgan fingerprint density at radius 1 is 1.40 bits per heavy atom. The van der Waals surface area contributed by atoms with Gasteiger partial charge in [0.05, 0.1) is 6.04 Å². The number of carboxylic acids is 1. The minimum atomic E-state index is -1.05. The number of carbonyl (C=O) groups is 2. The summed E-state index contributed by atoms with van der Waals surface area (Å²) in [5, 5.41) is 14.5. The summed E-state index contributed by atoms with van der Waals surface area (Å²) in [6.45, 7) is 7.36. The molecule has 0 aromatic rings. The fourth-order valence-electron chi connectivity index (χ4n) is 1.19. The van der Waals surface area contributed by atoms with Crippen LogP contribution in [0.4, 0.5) is 0 Å². The lowest BCUT2D eigenvalue weighted by molar-refractivity contribution is -0.145. The van der Waals surface area contributed by atoms with Gasteiger partial charge in [-0.05, 0) is 27.2 Å². The third-order valence-electron chi connectivity index (χ3n) is 2.46. The Morgan fingerprint density at radius 2 is 1.93 bits per heavy atom. The Bertz CT molecular complexity index is 243. The van der Waals surface area contributed by atoms with Crippen LogP contribution in [0.15, 0.2) is 0 Å². The molecule has 2 atom stereocenters. The smallest absolute Gasteiger partial charge is 0.323 e. The van der Waals surface area contributed by atoms with Gasteiger partial charge in [-0.1, -0.05) is 6.92 Å². The van der Waals surface area contributed by atoms with Gasteiger partial charge in [0.15, 0.2) is 0 Å². The molecule has 88 valence electrons.